The van der Waals surface area contributed by atoms with Crippen LogP contribution in [-0.4, -0.2) is 39.0 Å². The number of allylic oxidation sites excluding steroid dienone is 1. The van der Waals surface area contributed by atoms with E-state index < -0.39 is 28.3 Å². The van der Waals surface area contributed by atoms with Crippen molar-refractivity contribution in [1.82, 2.24) is 15.3 Å². The molecule has 5 saturated carbocycles. The molecule has 0 aliphatic heterocycles. The Morgan fingerprint density at radius 2 is 1.59 bits per heavy atom. The van der Waals surface area contributed by atoms with Crippen molar-refractivity contribution in [3.63, 3.8) is 0 Å². The van der Waals surface area contributed by atoms with Gasteiger partial charge in [0.05, 0.1) is 34.7 Å². The van der Waals surface area contributed by atoms with Gasteiger partial charge in [0.2, 0.25) is 5.91 Å². The van der Waals surface area contributed by atoms with E-state index in [0.29, 0.717) is 23.7 Å². The molecule has 5 fully saturated rings. The van der Waals surface area contributed by atoms with E-state index in [1.165, 1.54) is 5.57 Å². The first kappa shape index (κ1) is 40.8. The first-order valence-electron chi connectivity index (χ1n) is 21.6. The summed E-state index contributed by atoms with van der Waals surface area (Å²) in [6.07, 6.45) is 11.6. The Bertz CT molecular complexity index is 1880. The number of imidazole rings is 1. The third kappa shape index (κ3) is 6.12. The van der Waals surface area contributed by atoms with E-state index in [1.807, 2.05) is 24.4 Å². The van der Waals surface area contributed by atoms with Gasteiger partial charge < -0.3 is 20.1 Å². The molecule has 3 N–H and O–H groups in total. The Kier molecular flexibility index (Phi) is 9.88. The van der Waals surface area contributed by atoms with Crippen LogP contribution in [-0.2, 0) is 24.7 Å². The lowest BCUT2D eigenvalue weighted by Gasteiger charge is -2.73. The number of hydrogen-bond donors (Lipinski definition) is 3. The number of aromatic amines is 1. The monoisotopic (exact) mass is 768 g/mol. The fraction of sp³-hybridized carbons (Fsp3) is 0.708. The van der Waals surface area contributed by atoms with Crippen LogP contribution in [0.3, 0.4) is 0 Å². The van der Waals surface area contributed by atoms with Crippen LogP contribution in [0.15, 0.2) is 48.7 Å². The SMILES string of the molecule is C=C(C)[C@@H]1CC[C@]2(C(=O)NC(C)(C)c3ncc(-c4ccccc4)[nH]3)CC[C@]3(C)[C@H](CC[C@@H]4[C@@]5(C)CC[C@H](OC(=O)CC(C)(C)C(=O)O)C(C)(C)[C@@H]5CC[C@]43C)[C@@H]12. The molecule has 1 heterocycles. The molecule has 2 aromatic rings. The van der Waals surface area contributed by atoms with Crippen LogP contribution in [0.2, 0.25) is 0 Å². The molecule has 56 heavy (non-hydrogen) atoms. The van der Waals surface area contributed by atoms with Crippen molar-refractivity contribution in [2.45, 2.75) is 152 Å². The number of hydrogen-bond acceptors (Lipinski definition) is 5. The predicted octanol–water partition coefficient (Wildman–Crippen LogP) is 10.5. The number of carboxylic acids is 1. The lowest BCUT2D eigenvalue weighted by Crippen LogP contribution is -2.67. The number of nitrogens with zero attached hydrogens (tertiary/aromatic N) is 1. The predicted molar refractivity (Wildman–Crippen MR) is 220 cm³/mol. The summed E-state index contributed by atoms with van der Waals surface area (Å²) in [5.74, 6) is 1.47. The third-order valence-electron chi connectivity index (χ3n) is 17.6. The second-order valence-corrected chi connectivity index (χ2v) is 21.6. The number of aliphatic carboxylic acids is 1. The van der Waals surface area contributed by atoms with E-state index in [0.717, 1.165) is 81.3 Å². The molecule has 5 aliphatic carbocycles. The second kappa shape index (κ2) is 13.6. The molecular formula is C48H69N3O5. The number of nitrogens with one attached hydrogen (secondary N) is 2. The summed E-state index contributed by atoms with van der Waals surface area (Å²) in [7, 11) is 0. The number of benzene rings is 1. The van der Waals surface area contributed by atoms with Gasteiger partial charge in [0, 0.05) is 5.41 Å². The molecular weight excluding hydrogens is 699 g/mol. The standard InChI is InChI=1S/C48H69N3O5/c1-29(2)31-19-24-48(40(53)51-44(7,8)39-49-28-33(50-39)30-15-13-12-14-16-30)26-25-46(10)32(38(31)48)17-18-35-45(9)22-21-36(56-37(52)27-42(3,4)41(54)55)43(5,6)34(45)20-23-47(35,46)11/h12-16,28,31-32,34-36,38H,1,17-27H2,2-11H3,(H,49,50)(H,51,53)(H,54,55)/t31-,32+,34-,35+,36-,38+,45-,46+,47+,48-/m0/s1. The summed E-state index contributed by atoms with van der Waals surface area (Å²) < 4.78 is 6.20. The molecule has 306 valence electrons. The summed E-state index contributed by atoms with van der Waals surface area (Å²) in [4.78, 5) is 48.3. The number of rotatable bonds is 9. The highest BCUT2D eigenvalue weighted by Crippen LogP contribution is 2.77. The van der Waals surface area contributed by atoms with Gasteiger partial charge in [0.25, 0.3) is 0 Å². The smallest absolute Gasteiger partial charge is 0.309 e. The van der Waals surface area contributed by atoms with E-state index in [1.54, 1.807) is 13.8 Å². The Labute approximate surface area is 335 Å². The van der Waals surface area contributed by atoms with Crippen molar-refractivity contribution in [1.29, 1.82) is 0 Å². The highest BCUT2D eigenvalue weighted by Gasteiger charge is 2.72. The molecule has 1 amide bonds. The number of carboxylic acid groups (broad SMARTS) is 1. The molecule has 7 rings (SSSR count). The molecule has 0 saturated heterocycles. The summed E-state index contributed by atoms with van der Waals surface area (Å²) in [5.41, 5.74) is 1.01. The van der Waals surface area contributed by atoms with Crippen molar-refractivity contribution in [2.75, 3.05) is 0 Å². The minimum atomic E-state index is -1.16. The number of esters is 1. The molecule has 8 nitrogen and oxygen atoms in total. The van der Waals surface area contributed by atoms with Crippen molar-refractivity contribution in [3.8, 4) is 11.3 Å². The maximum atomic E-state index is 15.1. The molecule has 1 aromatic heterocycles. The Morgan fingerprint density at radius 3 is 2.25 bits per heavy atom. The molecule has 8 heteroatoms. The summed E-state index contributed by atoms with van der Waals surface area (Å²) >= 11 is 0. The van der Waals surface area contributed by atoms with Gasteiger partial charge in [-0.25, -0.2) is 4.98 Å². The van der Waals surface area contributed by atoms with E-state index in [2.05, 4.69) is 84.4 Å². The molecule has 0 radical (unpaired) electrons. The number of H-pyrrole nitrogens is 1. The largest absolute Gasteiger partial charge is 0.481 e. The van der Waals surface area contributed by atoms with Gasteiger partial charge in [0.15, 0.2) is 0 Å². The van der Waals surface area contributed by atoms with Gasteiger partial charge in [-0.1, -0.05) is 77.1 Å². The van der Waals surface area contributed by atoms with Crippen LogP contribution in [0, 0.1) is 62.1 Å². The van der Waals surface area contributed by atoms with Crippen molar-refractivity contribution >= 4 is 17.8 Å². The van der Waals surface area contributed by atoms with Crippen LogP contribution in [0.25, 0.3) is 11.3 Å². The van der Waals surface area contributed by atoms with Crippen LogP contribution in [0.4, 0.5) is 0 Å². The lowest BCUT2D eigenvalue weighted by atomic mass is 9.32. The van der Waals surface area contributed by atoms with Gasteiger partial charge in [0.1, 0.15) is 11.9 Å². The molecule has 1 aromatic carbocycles. The average molecular weight is 768 g/mol. The van der Waals surface area contributed by atoms with E-state index in [4.69, 9.17) is 9.72 Å². The Hall–Kier alpha value is -3.42. The van der Waals surface area contributed by atoms with Crippen LogP contribution < -0.4 is 5.32 Å². The number of aromatic nitrogens is 2. The maximum absolute atomic E-state index is 15.1. The first-order valence-corrected chi connectivity index (χ1v) is 21.6. The second-order valence-electron chi connectivity index (χ2n) is 21.6. The summed E-state index contributed by atoms with van der Waals surface area (Å²) in [6.45, 7) is 26.4. The minimum Gasteiger partial charge on any atom is -0.481 e. The number of carbonyl (C=O) groups is 3. The summed E-state index contributed by atoms with van der Waals surface area (Å²) in [6, 6.07) is 10.2. The zero-order chi connectivity index (χ0) is 40.9. The van der Waals surface area contributed by atoms with E-state index in [9.17, 15) is 14.7 Å². The number of fused-ring (bicyclic) bond motifs is 7. The first-order chi connectivity index (χ1) is 26.0. The van der Waals surface area contributed by atoms with Gasteiger partial charge in [-0.15, -0.1) is 0 Å². The van der Waals surface area contributed by atoms with Gasteiger partial charge in [-0.2, -0.15) is 0 Å². The van der Waals surface area contributed by atoms with Crippen molar-refractivity contribution in [3.05, 3.63) is 54.5 Å². The van der Waals surface area contributed by atoms with Gasteiger partial charge >= 0.3 is 11.9 Å². The minimum absolute atomic E-state index is 0.0768. The third-order valence-corrected chi connectivity index (χ3v) is 17.6. The van der Waals surface area contributed by atoms with E-state index >= 15 is 4.79 Å². The topological polar surface area (TPSA) is 121 Å². The molecule has 0 unspecified atom stereocenters. The zero-order valence-corrected chi connectivity index (χ0v) is 35.9. The van der Waals surface area contributed by atoms with Crippen LogP contribution >= 0.6 is 0 Å². The fourth-order valence-corrected chi connectivity index (χ4v) is 14.2. The summed E-state index contributed by atoms with van der Waals surface area (Å²) in [5, 5.41) is 13.2. The fourth-order valence-electron chi connectivity index (χ4n) is 14.2. The molecule has 10 atom stereocenters. The highest BCUT2D eigenvalue weighted by molar-refractivity contribution is 5.85. The van der Waals surface area contributed by atoms with Gasteiger partial charge in [-0.05, 0) is 150 Å². The normalized spacial score (nSPS) is 37.6. The van der Waals surface area contributed by atoms with Crippen LogP contribution in [0.1, 0.15) is 146 Å². The van der Waals surface area contributed by atoms with Gasteiger partial charge in [-0.3, -0.25) is 14.4 Å². The Balaban J connectivity index is 1.14. The van der Waals surface area contributed by atoms with Crippen molar-refractivity contribution in [2.24, 2.45) is 62.1 Å². The number of ether oxygens (including phenoxy) is 1. The lowest BCUT2D eigenvalue weighted by molar-refractivity contribution is -0.249. The average Bonchev–Trinajstić information content (AvgIpc) is 3.78. The van der Waals surface area contributed by atoms with Crippen LogP contribution in [0.5, 0.6) is 0 Å². The number of amides is 1. The molecule has 0 bridgehead atoms. The molecule has 5 aliphatic rings. The maximum Gasteiger partial charge on any atom is 0.309 e. The zero-order valence-electron chi connectivity index (χ0n) is 35.9. The molecule has 0 spiro atoms. The quantitative estimate of drug-likeness (QED) is 0.173. The van der Waals surface area contributed by atoms with E-state index in [-0.39, 0.29) is 46.0 Å². The highest BCUT2D eigenvalue weighted by atomic mass is 16.5. The van der Waals surface area contributed by atoms with Crippen molar-refractivity contribution < 1.29 is 24.2 Å². The number of carbonyl (C=O) groups excluding carboxylic acids is 2. The Morgan fingerprint density at radius 1 is 0.893 bits per heavy atom.